The fraction of sp³-hybridized carbons (Fsp3) is 0.600. The van der Waals surface area contributed by atoms with Crippen LogP contribution in [0, 0.1) is 23.7 Å². The van der Waals surface area contributed by atoms with Gasteiger partial charge in [-0.15, -0.1) is 0 Å². The minimum atomic E-state index is -1.73. The quantitative estimate of drug-likeness (QED) is 0.356. The van der Waals surface area contributed by atoms with E-state index in [1.807, 2.05) is 27.7 Å². The van der Waals surface area contributed by atoms with Crippen LogP contribution in [0.1, 0.15) is 62.9 Å². The molecule has 1 aliphatic rings. The molecule has 1 N–H and O–H groups in total. The highest BCUT2D eigenvalue weighted by atomic mass is 16.5. The molecule has 0 bridgehead atoms. The Morgan fingerprint density at radius 1 is 1.00 bits per heavy atom. The van der Waals surface area contributed by atoms with Crippen molar-refractivity contribution in [2.75, 3.05) is 20.3 Å². The molecule has 2 rings (SSSR count). The minimum Gasteiger partial charge on any atom is -0.465 e. The van der Waals surface area contributed by atoms with Gasteiger partial charge in [-0.25, -0.2) is 4.79 Å². The van der Waals surface area contributed by atoms with Crippen LogP contribution < -0.4 is 0 Å². The van der Waals surface area contributed by atoms with Crippen LogP contribution in [-0.2, 0) is 28.6 Å². The van der Waals surface area contributed by atoms with Crippen molar-refractivity contribution in [3.05, 3.63) is 35.4 Å². The van der Waals surface area contributed by atoms with Crippen LogP contribution >= 0.6 is 0 Å². The van der Waals surface area contributed by atoms with Gasteiger partial charge in [-0.1, -0.05) is 39.8 Å². The Labute approximate surface area is 194 Å². The number of Topliss-reactive ketones (excluding diaryl/α,β-unsaturated/α-hetero) is 1. The Kier molecular flexibility index (Phi) is 8.77. The average molecular weight is 463 g/mol. The fourth-order valence-electron chi connectivity index (χ4n) is 4.05. The molecule has 8 heteroatoms. The summed E-state index contributed by atoms with van der Waals surface area (Å²) in [5.41, 5.74) is -1.02. The Hall–Kier alpha value is -2.74. The minimum absolute atomic E-state index is 0.0559. The Morgan fingerprint density at radius 2 is 1.52 bits per heavy atom. The first-order valence-corrected chi connectivity index (χ1v) is 11.2. The first-order chi connectivity index (χ1) is 15.4. The fourth-order valence-corrected chi connectivity index (χ4v) is 4.05. The van der Waals surface area contributed by atoms with E-state index in [0.717, 1.165) is 0 Å². The van der Waals surface area contributed by atoms with Crippen molar-refractivity contribution in [3.63, 3.8) is 0 Å². The molecule has 0 aromatic heterocycles. The van der Waals surface area contributed by atoms with E-state index < -0.39 is 47.0 Å². The lowest BCUT2D eigenvalue weighted by Gasteiger charge is -2.43. The van der Waals surface area contributed by atoms with Crippen LogP contribution in [0.3, 0.4) is 0 Å². The monoisotopic (exact) mass is 462 g/mol. The van der Waals surface area contributed by atoms with Crippen LogP contribution in [0.4, 0.5) is 0 Å². The smallest absolute Gasteiger partial charge is 0.337 e. The molecule has 4 atom stereocenters. The van der Waals surface area contributed by atoms with E-state index in [9.17, 15) is 24.3 Å². The largest absolute Gasteiger partial charge is 0.465 e. The predicted octanol–water partition coefficient (Wildman–Crippen LogP) is 2.91. The summed E-state index contributed by atoms with van der Waals surface area (Å²) in [4.78, 5) is 51.0. The molecule has 0 heterocycles. The number of aliphatic hydroxyl groups is 1. The van der Waals surface area contributed by atoms with E-state index in [0.29, 0.717) is 5.56 Å². The molecular weight excluding hydrogens is 428 g/mol. The number of rotatable bonds is 8. The second-order valence-corrected chi connectivity index (χ2v) is 9.64. The Morgan fingerprint density at radius 3 is 2.00 bits per heavy atom. The number of ketones is 1. The Balaban J connectivity index is 2.55. The first-order valence-electron chi connectivity index (χ1n) is 11.2. The van der Waals surface area contributed by atoms with E-state index in [2.05, 4.69) is 0 Å². The van der Waals surface area contributed by atoms with Crippen molar-refractivity contribution in [2.24, 2.45) is 23.7 Å². The van der Waals surface area contributed by atoms with Gasteiger partial charge >= 0.3 is 17.9 Å². The van der Waals surface area contributed by atoms with Crippen LogP contribution in [0.15, 0.2) is 24.3 Å². The molecular formula is C25H34O8. The summed E-state index contributed by atoms with van der Waals surface area (Å²) in [6, 6.07) is 6.08. The molecule has 0 aliphatic heterocycles. The standard InChI is InChI=1S/C25H34O8/c1-14(2)12-32-23(28)20-18(26)11-25(5,30)21(24(29)33-13-15(3)4)19(20)16-7-9-17(10-8-16)22(27)31-6/h7-10,14-15,19-21,30H,11-13H2,1-6H3/t19-,20-,21+,25+/m1/s1. The van der Waals surface area contributed by atoms with Gasteiger partial charge in [-0.2, -0.15) is 0 Å². The number of carbonyl (C=O) groups is 4. The third kappa shape index (κ3) is 6.41. The Bertz CT molecular complexity index is 869. The number of methoxy groups -OCH3 is 1. The number of esters is 3. The van der Waals surface area contributed by atoms with E-state index >= 15 is 0 Å². The van der Waals surface area contributed by atoms with Gasteiger partial charge in [0.2, 0.25) is 0 Å². The summed E-state index contributed by atoms with van der Waals surface area (Å²) in [6.07, 6.45) is -0.382. The van der Waals surface area contributed by atoms with Crippen molar-refractivity contribution in [1.82, 2.24) is 0 Å². The molecule has 0 spiro atoms. The molecule has 0 unspecified atom stereocenters. The molecule has 1 aliphatic carbocycles. The molecule has 33 heavy (non-hydrogen) atoms. The molecule has 0 amide bonds. The molecule has 1 saturated carbocycles. The number of carbonyl (C=O) groups excluding carboxylic acids is 4. The molecule has 0 saturated heterocycles. The highest BCUT2D eigenvalue weighted by Crippen LogP contribution is 2.46. The normalized spacial score (nSPS) is 25.1. The maximum absolute atomic E-state index is 13.1. The van der Waals surface area contributed by atoms with E-state index in [-0.39, 0.29) is 37.0 Å². The maximum Gasteiger partial charge on any atom is 0.337 e. The van der Waals surface area contributed by atoms with Gasteiger partial charge in [0.15, 0.2) is 5.78 Å². The second-order valence-electron chi connectivity index (χ2n) is 9.64. The number of benzene rings is 1. The van der Waals surface area contributed by atoms with Crippen LogP contribution in [-0.4, -0.2) is 54.7 Å². The lowest BCUT2D eigenvalue weighted by atomic mass is 9.61. The van der Waals surface area contributed by atoms with Gasteiger partial charge in [-0.3, -0.25) is 14.4 Å². The summed E-state index contributed by atoms with van der Waals surface area (Å²) in [7, 11) is 1.26. The van der Waals surface area contributed by atoms with E-state index in [4.69, 9.17) is 14.2 Å². The summed E-state index contributed by atoms with van der Waals surface area (Å²) < 4.78 is 15.5. The van der Waals surface area contributed by atoms with Gasteiger partial charge in [0, 0.05) is 12.3 Å². The summed E-state index contributed by atoms with van der Waals surface area (Å²) in [5, 5.41) is 11.1. The van der Waals surface area contributed by atoms with E-state index in [1.165, 1.54) is 26.2 Å². The van der Waals surface area contributed by atoms with Crippen molar-refractivity contribution in [3.8, 4) is 0 Å². The lowest BCUT2D eigenvalue weighted by molar-refractivity contribution is -0.174. The molecule has 8 nitrogen and oxygen atoms in total. The van der Waals surface area contributed by atoms with Crippen molar-refractivity contribution in [1.29, 1.82) is 0 Å². The maximum atomic E-state index is 13.1. The second kappa shape index (κ2) is 10.9. The van der Waals surface area contributed by atoms with Crippen LogP contribution in [0.25, 0.3) is 0 Å². The van der Waals surface area contributed by atoms with Gasteiger partial charge in [0.05, 0.1) is 37.4 Å². The number of hydrogen-bond donors (Lipinski definition) is 1. The summed E-state index contributed by atoms with van der Waals surface area (Å²) >= 11 is 0. The van der Waals surface area contributed by atoms with Crippen LogP contribution in [0.2, 0.25) is 0 Å². The van der Waals surface area contributed by atoms with E-state index in [1.54, 1.807) is 12.1 Å². The van der Waals surface area contributed by atoms with Crippen molar-refractivity contribution in [2.45, 2.75) is 52.6 Å². The highest BCUT2D eigenvalue weighted by molar-refractivity contribution is 6.03. The summed E-state index contributed by atoms with van der Waals surface area (Å²) in [6.45, 7) is 9.16. The number of hydrogen-bond acceptors (Lipinski definition) is 8. The third-order valence-electron chi connectivity index (χ3n) is 5.61. The molecule has 182 valence electrons. The van der Waals surface area contributed by atoms with Crippen LogP contribution in [0.5, 0.6) is 0 Å². The lowest BCUT2D eigenvalue weighted by Crippen LogP contribution is -2.55. The highest BCUT2D eigenvalue weighted by Gasteiger charge is 2.57. The predicted molar refractivity (Wildman–Crippen MR) is 119 cm³/mol. The zero-order valence-electron chi connectivity index (χ0n) is 20.1. The van der Waals surface area contributed by atoms with Gasteiger partial charge in [0.25, 0.3) is 0 Å². The SMILES string of the molecule is COC(=O)c1ccc([C@@H]2[C@H](C(=O)OCC(C)C)C(=O)C[C@](C)(O)[C@@H]2C(=O)OCC(C)C)cc1. The summed E-state index contributed by atoms with van der Waals surface area (Å²) in [5.74, 6) is -5.86. The molecule has 1 aromatic rings. The molecule has 0 radical (unpaired) electrons. The average Bonchev–Trinajstić information content (AvgIpc) is 2.74. The van der Waals surface area contributed by atoms with Gasteiger partial charge < -0.3 is 19.3 Å². The van der Waals surface area contributed by atoms with Crippen molar-refractivity contribution < 1.29 is 38.5 Å². The van der Waals surface area contributed by atoms with Crippen molar-refractivity contribution >= 4 is 23.7 Å². The van der Waals surface area contributed by atoms with Gasteiger partial charge in [-0.05, 0) is 36.5 Å². The first kappa shape index (κ1) is 26.5. The third-order valence-corrected chi connectivity index (χ3v) is 5.61. The molecule has 1 aromatic carbocycles. The zero-order chi connectivity index (χ0) is 24.9. The molecule has 1 fully saturated rings. The topological polar surface area (TPSA) is 116 Å². The number of ether oxygens (including phenoxy) is 3. The zero-order valence-corrected chi connectivity index (χ0v) is 20.1. The van der Waals surface area contributed by atoms with Gasteiger partial charge in [0.1, 0.15) is 5.92 Å².